The Bertz CT molecular complexity index is 459. The molecule has 0 radical (unpaired) electrons. The fourth-order valence-electron chi connectivity index (χ4n) is 2.21. The van der Waals surface area contributed by atoms with Crippen molar-refractivity contribution in [2.45, 2.75) is 31.5 Å². The third-order valence-corrected chi connectivity index (χ3v) is 4.44. The van der Waals surface area contributed by atoms with Crippen molar-refractivity contribution in [1.29, 1.82) is 0 Å². The largest absolute Gasteiger partial charge is 0.378 e. The van der Waals surface area contributed by atoms with E-state index < -0.39 is 0 Å². The van der Waals surface area contributed by atoms with Crippen molar-refractivity contribution in [2.24, 2.45) is 5.73 Å². The van der Waals surface area contributed by atoms with E-state index in [1.165, 1.54) is 0 Å². The normalized spacial score (nSPS) is 15.4. The lowest BCUT2D eigenvalue weighted by atomic mass is 10.3. The van der Waals surface area contributed by atoms with Crippen LogP contribution in [0.15, 0.2) is 5.16 Å². The zero-order valence-electron chi connectivity index (χ0n) is 12.5. The van der Waals surface area contributed by atoms with Crippen molar-refractivity contribution in [1.82, 2.24) is 19.7 Å². The van der Waals surface area contributed by atoms with Crippen molar-refractivity contribution < 1.29 is 9.53 Å². The van der Waals surface area contributed by atoms with Gasteiger partial charge >= 0.3 is 0 Å². The molecule has 0 bridgehead atoms. The standard InChI is InChI=1S/C13H23N5O2S/c1-11-15-16-13(18(11)5-4-14)21-10-2-3-12(19)17-6-8-20-9-7-17/h2-10,14H2,1H3. The molecular formula is C13H23N5O2S. The van der Waals surface area contributed by atoms with Crippen molar-refractivity contribution in [2.75, 3.05) is 38.6 Å². The quantitative estimate of drug-likeness (QED) is 0.575. The molecule has 7 nitrogen and oxygen atoms in total. The van der Waals surface area contributed by atoms with Crippen molar-refractivity contribution in [3.63, 3.8) is 0 Å². The van der Waals surface area contributed by atoms with E-state index >= 15 is 0 Å². The minimum absolute atomic E-state index is 0.221. The van der Waals surface area contributed by atoms with Crippen LogP contribution in [0.3, 0.4) is 0 Å². The molecule has 2 rings (SSSR count). The Hall–Kier alpha value is -1.12. The molecule has 1 fully saturated rings. The molecule has 2 heterocycles. The summed E-state index contributed by atoms with van der Waals surface area (Å²) in [6.07, 6.45) is 1.42. The van der Waals surface area contributed by atoms with Crippen LogP contribution in [0.4, 0.5) is 0 Å². The van der Waals surface area contributed by atoms with Gasteiger partial charge in [-0.15, -0.1) is 10.2 Å². The fourth-order valence-corrected chi connectivity index (χ4v) is 3.16. The van der Waals surface area contributed by atoms with E-state index in [9.17, 15) is 4.79 Å². The van der Waals surface area contributed by atoms with Crippen LogP contribution in [0, 0.1) is 6.92 Å². The van der Waals surface area contributed by atoms with Gasteiger partial charge < -0.3 is 19.9 Å². The molecule has 0 spiro atoms. The minimum Gasteiger partial charge on any atom is -0.378 e. The van der Waals surface area contributed by atoms with E-state index in [4.69, 9.17) is 10.5 Å². The molecule has 21 heavy (non-hydrogen) atoms. The van der Waals surface area contributed by atoms with Gasteiger partial charge in [0.15, 0.2) is 5.16 Å². The minimum atomic E-state index is 0.221. The molecule has 1 saturated heterocycles. The summed E-state index contributed by atoms with van der Waals surface area (Å²) in [6, 6.07) is 0. The number of rotatable bonds is 7. The highest BCUT2D eigenvalue weighted by molar-refractivity contribution is 7.99. The molecule has 8 heteroatoms. The number of amides is 1. The third kappa shape index (κ3) is 4.69. The number of aromatic nitrogens is 3. The van der Waals surface area contributed by atoms with Gasteiger partial charge in [-0.1, -0.05) is 11.8 Å². The topological polar surface area (TPSA) is 86.3 Å². The summed E-state index contributed by atoms with van der Waals surface area (Å²) in [7, 11) is 0. The Labute approximate surface area is 129 Å². The predicted molar refractivity (Wildman–Crippen MR) is 81.2 cm³/mol. The molecule has 0 aliphatic carbocycles. The highest BCUT2D eigenvalue weighted by atomic mass is 32.2. The highest BCUT2D eigenvalue weighted by Crippen LogP contribution is 2.18. The van der Waals surface area contributed by atoms with Gasteiger partial charge in [-0.05, 0) is 13.3 Å². The maximum Gasteiger partial charge on any atom is 0.222 e. The zero-order chi connectivity index (χ0) is 15.1. The van der Waals surface area contributed by atoms with Crippen molar-refractivity contribution in [3.05, 3.63) is 5.82 Å². The monoisotopic (exact) mass is 313 g/mol. The molecule has 0 unspecified atom stereocenters. The van der Waals surface area contributed by atoms with Crippen LogP contribution in [0.5, 0.6) is 0 Å². The van der Waals surface area contributed by atoms with E-state index in [0.717, 1.165) is 42.8 Å². The zero-order valence-corrected chi connectivity index (χ0v) is 13.3. The molecule has 1 aromatic heterocycles. The fraction of sp³-hybridized carbons (Fsp3) is 0.769. The van der Waals surface area contributed by atoms with Crippen LogP contribution in [-0.2, 0) is 16.1 Å². The second-order valence-electron chi connectivity index (χ2n) is 4.92. The summed E-state index contributed by atoms with van der Waals surface area (Å²) in [5.41, 5.74) is 5.59. The van der Waals surface area contributed by atoms with Gasteiger partial charge in [0.25, 0.3) is 0 Å². The molecule has 1 amide bonds. The van der Waals surface area contributed by atoms with Crippen LogP contribution in [0.1, 0.15) is 18.7 Å². The molecule has 118 valence electrons. The number of hydrogen-bond donors (Lipinski definition) is 1. The first-order valence-electron chi connectivity index (χ1n) is 7.30. The summed E-state index contributed by atoms with van der Waals surface area (Å²) >= 11 is 1.63. The molecule has 1 aliphatic heterocycles. The molecule has 0 aromatic carbocycles. The Balaban J connectivity index is 1.70. The Kier molecular flexibility index (Phi) is 6.47. The number of aryl methyl sites for hydroxylation is 1. The first-order chi connectivity index (χ1) is 10.2. The Morgan fingerprint density at radius 2 is 2.14 bits per heavy atom. The van der Waals surface area contributed by atoms with E-state index in [2.05, 4.69) is 10.2 Å². The summed E-state index contributed by atoms with van der Waals surface area (Å²) < 4.78 is 7.27. The lowest BCUT2D eigenvalue weighted by molar-refractivity contribution is -0.135. The smallest absolute Gasteiger partial charge is 0.222 e. The number of carbonyl (C=O) groups excluding carboxylic acids is 1. The molecule has 0 saturated carbocycles. The Morgan fingerprint density at radius 1 is 1.38 bits per heavy atom. The lowest BCUT2D eigenvalue weighted by Crippen LogP contribution is -2.40. The molecule has 0 atom stereocenters. The van der Waals surface area contributed by atoms with Crippen LogP contribution in [-0.4, -0.2) is 64.2 Å². The van der Waals surface area contributed by atoms with Gasteiger partial charge in [0, 0.05) is 38.4 Å². The van der Waals surface area contributed by atoms with Gasteiger partial charge in [0.05, 0.1) is 13.2 Å². The summed E-state index contributed by atoms with van der Waals surface area (Å²) in [4.78, 5) is 13.9. The van der Waals surface area contributed by atoms with E-state index in [-0.39, 0.29) is 5.91 Å². The first-order valence-corrected chi connectivity index (χ1v) is 8.29. The van der Waals surface area contributed by atoms with Crippen LogP contribution in [0.25, 0.3) is 0 Å². The van der Waals surface area contributed by atoms with Gasteiger partial charge in [-0.3, -0.25) is 4.79 Å². The number of thioether (sulfide) groups is 1. The summed E-state index contributed by atoms with van der Waals surface area (Å²) in [5.74, 6) is 1.96. The number of ether oxygens (including phenoxy) is 1. The second-order valence-corrected chi connectivity index (χ2v) is 5.98. The van der Waals surface area contributed by atoms with E-state index in [1.54, 1.807) is 11.8 Å². The van der Waals surface area contributed by atoms with E-state index in [0.29, 0.717) is 26.2 Å². The average molecular weight is 313 g/mol. The SMILES string of the molecule is Cc1nnc(SCCCC(=O)N2CCOCC2)n1CCN. The number of carbonyl (C=O) groups is 1. The maximum absolute atomic E-state index is 12.0. The number of nitrogens with two attached hydrogens (primary N) is 1. The number of nitrogens with zero attached hydrogens (tertiary/aromatic N) is 4. The highest BCUT2D eigenvalue weighted by Gasteiger charge is 2.16. The molecule has 1 aromatic rings. The van der Waals surface area contributed by atoms with Crippen molar-refractivity contribution in [3.8, 4) is 0 Å². The van der Waals surface area contributed by atoms with Gasteiger partial charge in [-0.25, -0.2) is 0 Å². The van der Waals surface area contributed by atoms with Crippen LogP contribution in [0.2, 0.25) is 0 Å². The maximum atomic E-state index is 12.0. The number of morpholine rings is 1. The predicted octanol–water partition coefficient (Wildman–Crippen LogP) is 0.276. The summed E-state index contributed by atoms with van der Waals surface area (Å²) in [6.45, 7) is 5.97. The molecule has 1 aliphatic rings. The lowest BCUT2D eigenvalue weighted by Gasteiger charge is -2.26. The van der Waals surface area contributed by atoms with Crippen LogP contribution >= 0.6 is 11.8 Å². The third-order valence-electron chi connectivity index (χ3n) is 3.38. The number of hydrogen-bond acceptors (Lipinski definition) is 6. The van der Waals surface area contributed by atoms with Gasteiger partial charge in [0.2, 0.25) is 5.91 Å². The average Bonchev–Trinajstić information content (AvgIpc) is 2.86. The van der Waals surface area contributed by atoms with Crippen molar-refractivity contribution >= 4 is 17.7 Å². The van der Waals surface area contributed by atoms with Crippen LogP contribution < -0.4 is 5.73 Å². The summed E-state index contributed by atoms with van der Waals surface area (Å²) in [5, 5.41) is 9.11. The molecule has 2 N–H and O–H groups in total. The first kappa shape index (κ1) is 16.3. The Morgan fingerprint density at radius 3 is 2.86 bits per heavy atom. The van der Waals surface area contributed by atoms with E-state index in [1.807, 2.05) is 16.4 Å². The second kappa shape index (κ2) is 8.35. The molecular weight excluding hydrogens is 290 g/mol. The van der Waals surface area contributed by atoms with Gasteiger partial charge in [-0.2, -0.15) is 0 Å². The van der Waals surface area contributed by atoms with Gasteiger partial charge in [0.1, 0.15) is 5.82 Å².